The zero-order valence-electron chi connectivity index (χ0n) is 13.1. The molecule has 0 fully saturated rings. The van der Waals surface area contributed by atoms with E-state index in [4.69, 9.17) is 9.47 Å². The number of amides is 1. The molecule has 2 rings (SSSR count). The predicted molar refractivity (Wildman–Crippen MR) is 82.5 cm³/mol. The Labute approximate surface area is 134 Å². The van der Waals surface area contributed by atoms with Gasteiger partial charge in [0.25, 0.3) is 0 Å². The Morgan fingerprint density at radius 1 is 1.30 bits per heavy atom. The number of hydrogen-bond acceptors (Lipinski definition) is 5. The maximum absolute atomic E-state index is 11.9. The Balaban J connectivity index is 1.93. The van der Waals surface area contributed by atoms with Crippen molar-refractivity contribution in [1.82, 2.24) is 14.9 Å². The number of imidazole rings is 1. The third-order valence-electron chi connectivity index (χ3n) is 3.32. The van der Waals surface area contributed by atoms with Crippen LogP contribution in [0.3, 0.4) is 0 Å². The first-order valence-electron chi connectivity index (χ1n) is 7.10. The Bertz CT molecular complexity index is 654. The van der Waals surface area contributed by atoms with Gasteiger partial charge in [0.15, 0.2) is 0 Å². The van der Waals surface area contributed by atoms with Crippen molar-refractivity contribution in [3.8, 4) is 0 Å². The summed E-state index contributed by atoms with van der Waals surface area (Å²) in [5, 5.41) is 2.53. The average molecular weight is 317 g/mol. The molecule has 0 spiro atoms. The predicted octanol–water partition coefficient (Wildman–Crippen LogP) is 1.43. The zero-order chi connectivity index (χ0) is 16.7. The molecule has 1 atom stereocenters. The molecule has 0 aliphatic carbocycles. The van der Waals surface area contributed by atoms with Crippen LogP contribution < -0.4 is 5.32 Å². The maximum atomic E-state index is 11.9. The van der Waals surface area contributed by atoms with Crippen LogP contribution in [0, 0.1) is 0 Å². The van der Waals surface area contributed by atoms with Crippen molar-refractivity contribution in [2.45, 2.75) is 19.1 Å². The molecule has 0 saturated carbocycles. The van der Waals surface area contributed by atoms with Crippen LogP contribution in [-0.2, 0) is 34.3 Å². The molecule has 0 aliphatic rings. The van der Waals surface area contributed by atoms with Gasteiger partial charge in [-0.25, -0.2) is 14.6 Å². The molecule has 0 radical (unpaired) electrons. The van der Waals surface area contributed by atoms with Crippen LogP contribution in [0.5, 0.6) is 0 Å². The van der Waals surface area contributed by atoms with Crippen molar-refractivity contribution in [1.29, 1.82) is 0 Å². The quantitative estimate of drug-likeness (QED) is 0.815. The first-order valence-corrected chi connectivity index (χ1v) is 7.10. The number of hydrogen-bond donors (Lipinski definition) is 1. The van der Waals surface area contributed by atoms with E-state index in [1.54, 1.807) is 17.1 Å². The fraction of sp³-hybridized carbons (Fsp3) is 0.312. The molecule has 23 heavy (non-hydrogen) atoms. The average Bonchev–Trinajstić information content (AvgIpc) is 2.97. The van der Waals surface area contributed by atoms with E-state index in [0.717, 1.165) is 11.3 Å². The molecule has 122 valence electrons. The summed E-state index contributed by atoms with van der Waals surface area (Å²) in [5.74, 6) is -0.539. The molecule has 1 amide bonds. The van der Waals surface area contributed by atoms with Crippen LogP contribution in [-0.4, -0.2) is 34.8 Å². The Kier molecular flexibility index (Phi) is 5.74. The highest BCUT2D eigenvalue weighted by atomic mass is 16.6. The number of carbonyl (C=O) groups excluding carboxylic acids is 2. The van der Waals surface area contributed by atoms with Crippen molar-refractivity contribution in [2.75, 3.05) is 7.11 Å². The molecule has 0 saturated heterocycles. The van der Waals surface area contributed by atoms with Gasteiger partial charge in [-0.1, -0.05) is 30.3 Å². The van der Waals surface area contributed by atoms with Gasteiger partial charge < -0.3 is 19.4 Å². The third-order valence-corrected chi connectivity index (χ3v) is 3.32. The number of methoxy groups -OCH3 is 1. The van der Waals surface area contributed by atoms with Gasteiger partial charge in [-0.3, -0.25) is 0 Å². The number of ether oxygens (including phenoxy) is 2. The van der Waals surface area contributed by atoms with E-state index in [1.165, 1.54) is 7.11 Å². The number of aryl methyl sites for hydroxylation is 1. The largest absolute Gasteiger partial charge is 0.467 e. The number of nitrogens with zero attached hydrogens (tertiary/aromatic N) is 2. The number of esters is 1. The third kappa shape index (κ3) is 4.84. The van der Waals surface area contributed by atoms with Gasteiger partial charge in [-0.2, -0.15) is 0 Å². The Morgan fingerprint density at radius 3 is 2.65 bits per heavy atom. The minimum atomic E-state index is -0.835. The van der Waals surface area contributed by atoms with Gasteiger partial charge in [0, 0.05) is 25.4 Å². The molecule has 1 N–H and O–H groups in total. The van der Waals surface area contributed by atoms with E-state index in [0.29, 0.717) is 0 Å². The van der Waals surface area contributed by atoms with Crippen LogP contribution >= 0.6 is 0 Å². The lowest BCUT2D eigenvalue weighted by Gasteiger charge is -2.16. The van der Waals surface area contributed by atoms with Crippen molar-refractivity contribution < 1.29 is 19.1 Å². The fourth-order valence-electron chi connectivity index (χ4n) is 2.03. The number of alkyl carbamates (subject to hydrolysis) is 1. The number of rotatable bonds is 6. The van der Waals surface area contributed by atoms with E-state index in [-0.39, 0.29) is 13.0 Å². The van der Waals surface area contributed by atoms with Crippen LogP contribution in [0.15, 0.2) is 42.9 Å². The van der Waals surface area contributed by atoms with Crippen molar-refractivity contribution >= 4 is 12.1 Å². The van der Waals surface area contributed by atoms with Gasteiger partial charge in [-0.05, 0) is 5.56 Å². The summed E-state index contributed by atoms with van der Waals surface area (Å²) in [6.45, 7) is 0.131. The number of carbonyl (C=O) groups is 2. The maximum Gasteiger partial charge on any atom is 0.408 e. The highest BCUT2D eigenvalue weighted by Crippen LogP contribution is 2.05. The smallest absolute Gasteiger partial charge is 0.408 e. The zero-order valence-corrected chi connectivity index (χ0v) is 13.1. The number of nitrogens with one attached hydrogen (secondary N) is 1. The van der Waals surface area contributed by atoms with Crippen molar-refractivity contribution in [3.63, 3.8) is 0 Å². The van der Waals surface area contributed by atoms with E-state index in [9.17, 15) is 9.59 Å². The van der Waals surface area contributed by atoms with Gasteiger partial charge in [-0.15, -0.1) is 0 Å². The van der Waals surface area contributed by atoms with E-state index >= 15 is 0 Å². The molecular formula is C16H19N3O4. The minimum absolute atomic E-state index is 0.131. The van der Waals surface area contributed by atoms with Gasteiger partial charge in [0.05, 0.1) is 13.4 Å². The first-order chi connectivity index (χ1) is 11.1. The van der Waals surface area contributed by atoms with Gasteiger partial charge in [0.1, 0.15) is 12.6 Å². The molecule has 7 heteroatoms. The Hall–Kier alpha value is -2.83. The van der Waals surface area contributed by atoms with Gasteiger partial charge >= 0.3 is 12.1 Å². The second-order valence-electron chi connectivity index (χ2n) is 4.98. The standard InChI is InChI=1S/C16H19N3O4/c1-19-11-17-9-13(19)8-14(15(20)22-2)18-16(21)23-10-12-6-4-3-5-7-12/h3-7,9,11,14H,8,10H2,1-2H3,(H,18,21)/t14-/m0/s1. The van der Waals surface area contributed by atoms with Crippen molar-refractivity contribution in [3.05, 3.63) is 54.1 Å². The molecule has 0 aliphatic heterocycles. The van der Waals surface area contributed by atoms with E-state index in [2.05, 4.69) is 10.3 Å². The summed E-state index contributed by atoms with van der Waals surface area (Å²) in [6, 6.07) is 8.46. The molecule has 2 aromatic rings. The van der Waals surface area contributed by atoms with Crippen LogP contribution in [0.4, 0.5) is 4.79 Å². The monoisotopic (exact) mass is 317 g/mol. The second-order valence-corrected chi connectivity index (χ2v) is 4.98. The highest BCUT2D eigenvalue weighted by molar-refractivity contribution is 5.81. The lowest BCUT2D eigenvalue weighted by atomic mass is 10.1. The SMILES string of the molecule is COC(=O)[C@H](Cc1cncn1C)NC(=O)OCc1ccccc1. The van der Waals surface area contributed by atoms with Crippen molar-refractivity contribution in [2.24, 2.45) is 7.05 Å². The molecule has 0 bridgehead atoms. The van der Waals surface area contributed by atoms with Crippen LogP contribution in [0.1, 0.15) is 11.3 Å². The minimum Gasteiger partial charge on any atom is -0.467 e. The normalized spacial score (nSPS) is 11.6. The first kappa shape index (κ1) is 16.5. The highest BCUT2D eigenvalue weighted by Gasteiger charge is 2.23. The summed E-state index contributed by atoms with van der Waals surface area (Å²) >= 11 is 0. The lowest BCUT2D eigenvalue weighted by molar-refractivity contribution is -0.143. The van der Waals surface area contributed by atoms with E-state index in [1.807, 2.05) is 37.4 Å². The Morgan fingerprint density at radius 2 is 2.04 bits per heavy atom. The summed E-state index contributed by atoms with van der Waals surface area (Å²) < 4.78 is 11.6. The lowest BCUT2D eigenvalue weighted by Crippen LogP contribution is -2.43. The molecule has 7 nitrogen and oxygen atoms in total. The topological polar surface area (TPSA) is 82.5 Å². The summed E-state index contributed by atoms with van der Waals surface area (Å²) in [5.41, 5.74) is 1.66. The summed E-state index contributed by atoms with van der Waals surface area (Å²) in [6.07, 6.45) is 2.85. The van der Waals surface area contributed by atoms with E-state index < -0.39 is 18.1 Å². The number of benzene rings is 1. The fourth-order valence-corrected chi connectivity index (χ4v) is 2.03. The number of aromatic nitrogens is 2. The van der Waals surface area contributed by atoms with Crippen LogP contribution in [0.2, 0.25) is 0 Å². The summed E-state index contributed by atoms with van der Waals surface area (Å²) in [4.78, 5) is 27.7. The molecule has 1 aromatic carbocycles. The van der Waals surface area contributed by atoms with Crippen LogP contribution in [0.25, 0.3) is 0 Å². The molecule has 1 heterocycles. The van der Waals surface area contributed by atoms with Gasteiger partial charge in [0.2, 0.25) is 0 Å². The molecule has 0 unspecified atom stereocenters. The second kappa shape index (κ2) is 7.98. The molecular weight excluding hydrogens is 298 g/mol. The summed E-state index contributed by atoms with van der Waals surface area (Å²) in [7, 11) is 3.08. The molecule has 1 aromatic heterocycles.